The van der Waals surface area contributed by atoms with Crippen LogP contribution in [0.25, 0.3) is 5.70 Å². The van der Waals surface area contributed by atoms with Gasteiger partial charge in [0, 0.05) is 20.2 Å². The maximum Gasteiger partial charge on any atom is 0.238 e. The summed E-state index contributed by atoms with van der Waals surface area (Å²) in [6.07, 6.45) is 14.0. The number of aliphatic hydroxyl groups is 1. The Morgan fingerprint density at radius 3 is 2.94 bits per heavy atom. The van der Waals surface area contributed by atoms with Gasteiger partial charge in [-0.25, -0.2) is 4.68 Å². The number of allylic oxidation sites excluding steroid dienone is 7. The topological polar surface area (TPSA) is 93.0 Å². The molecule has 1 aromatic heterocycles. The van der Waals surface area contributed by atoms with E-state index in [1.165, 1.54) is 12.0 Å². The van der Waals surface area contributed by atoms with E-state index in [2.05, 4.69) is 28.9 Å². The Hall–Kier alpha value is -2.59. The van der Waals surface area contributed by atoms with Gasteiger partial charge in [-0.15, -0.1) is 5.10 Å². The lowest BCUT2D eigenvalue weighted by Crippen LogP contribution is -2.38. The summed E-state index contributed by atoms with van der Waals surface area (Å²) in [5, 5.41) is 23.8. The van der Waals surface area contributed by atoms with Crippen molar-refractivity contribution < 1.29 is 19.4 Å². The lowest BCUT2D eigenvalue weighted by molar-refractivity contribution is -0.118. The van der Waals surface area contributed by atoms with Crippen molar-refractivity contribution in [1.82, 2.24) is 20.2 Å². The van der Waals surface area contributed by atoms with E-state index in [4.69, 9.17) is 19.4 Å². The summed E-state index contributed by atoms with van der Waals surface area (Å²) in [7, 11) is 1.70. The van der Waals surface area contributed by atoms with Gasteiger partial charge >= 0.3 is 0 Å². The van der Waals surface area contributed by atoms with Crippen LogP contribution in [0, 0.1) is 6.92 Å². The Bertz CT molecular complexity index is 957. The Balaban J connectivity index is 1.58. The van der Waals surface area contributed by atoms with Gasteiger partial charge in [0.25, 0.3) is 0 Å². The molecule has 4 rings (SSSR count). The number of ether oxygens (including phenoxy) is 2. The van der Waals surface area contributed by atoms with Crippen LogP contribution in [0.2, 0.25) is 0 Å². The summed E-state index contributed by atoms with van der Waals surface area (Å²) in [5.74, 6) is 2.39. The largest absolute Gasteiger partial charge is 0.474 e. The van der Waals surface area contributed by atoms with Crippen LogP contribution in [-0.2, 0) is 9.57 Å². The van der Waals surface area contributed by atoms with Gasteiger partial charge in [-0.1, -0.05) is 18.2 Å². The molecular formula is C25H37N5O4. The molecule has 2 heterocycles. The van der Waals surface area contributed by atoms with Crippen molar-refractivity contribution in [1.29, 1.82) is 0 Å². The first-order valence-corrected chi connectivity index (χ1v) is 12.1. The van der Waals surface area contributed by atoms with Gasteiger partial charge in [-0.2, -0.15) is 5.06 Å². The highest BCUT2D eigenvalue weighted by Crippen LogP contribution is 2.33. The molecule has 2 aliphatic carbocycles. The second-order valence-corrected chi connectivity index (χ2v) is 8.98. The zero-order valence-electron chi connectivity index (χ0n) is 20.4. The van der Waals surface area contributed by atoms with Crippen LogP contribution in [0.15, 0.2) is 41.8 Å². The van der Waals surface area contributed by atoms with Gasteiger partial charge in [0.2, 0.25) is 5.88 Å². The van der Waals surface area contributed by atoms with Gasteiger partial charge in [0.05, 0.1) is 36.6 Å². The van der Waals surface area contributed by atoms with Crippen LogP contribution in [-0.4, -0.2) is 72.1 Å². The monoisotopic (exact) mass is 471 g/mol. The van der Waals surface area contributed by atoms with Crippen molar-refractivity contribution in [3.8, 4) is 5.88 Å². The molecular weight excluding hydrogens is 434 g/mol. The van der Waals surface area contributed by atoms with Gasteiger partial charge in [-0.05, 0) is 57.3 Å². The number of anilines is 1. The first kappa shape index (κ1) is 24.5. The molecule has 1 saturated heterocycles. The number of aliphatic hydroxyl groups excluding tert-OH is 1. The van der Waals surface area contributed by atoms with Crippen molar-refractivity contribution in [2.75, 3.05) is 45.3 Å². The predicted octanol–water partition coefficient (Wildman–Crippen LogP) is 2.97. The molecule has 9 heteroatoms. The average molecular weight is 472 g/mol. The molecule has 34 heavy (non-hydrogen) atoms. The van der Waals surface area contributed by atoms with Crippen molar-refractivity contribution >= 4 is 11.5 Å². The fourth-order valence-corrected chi connectivity index (χ4v) is 3.99. The van der Waals surface area contributed by atoms with E-state index < -0.39 is 6.10 Å². The average Bonchev–Trinajstić information content (AvgIpc) is 3.22. The Kier molecular flexibility index (Phi) is 8.44. The molecule has 0 radical (unpaired) electrons. The molecule has 0 bridgehead atoms. The van der Waals surface area contributed by atoms with Crippen LogP contribution < -0.4 is 15.4 Å². The Morgan fingerprint density at radius 1 is 1.35 bits per heavy atom. The molecule has 3 aliphatic rings. The Labute approximate surface area is 201 Å². The van der Waals surface area contributed by atoms with Crippen molar-refractivity contribution in [2.45, 2.75) is 51.7 Å². The highest BCUT2D eigenvalue weighted by molar-refractivity contribution is 5.68. The fraction of sp³-hybridized carbons (Fsp3) is 0.560. The molecule has 0 spiro atoms. The second-order valence-electron chi connectivity index (χ2n) is 8.98. The number of hydrogen-bond donors (Lipinski definition) is 3. The number of nitrogens with one attached hydrogen (secondary N) is 2. The minimum atomic E-state index is -0.571. The minimum Gasteiger partial charge on any atom is -0.474 e. The van der Waals surface area contributed by atoms with E-state index in [-0.39, 0.29) is 12.6 Å². The van der Waals surface area contributed by atoms with E-state index in [0.29, 0.717) is 19.1 Å². The molecule has 1 aliphatic heterocycles. The quantitative estimate of drug-likeness (QED) is 0.454. The number of aromatic nitrogens is 2. The van der Waals surface area contributed by atoms with E-state index in [0.717, 1.165) is 55.3 Å². The minimum absolute atomic E-state index is 0.176. The third-order valence-corrected chi connectivity index (χ3v) is 6.08. The standard InChI is InChI=1S/C25H37N5O4/c1-18(31)16-33-25-19(2)24(30(28-25)22-11-6-4-5-7-12-22)27-23(20-9-8-10-20)26-21-15-29(34-17-21)13-14-32-3/h4,6-7,11-12,18,21,26-27,31H,5,8-10,13-17H2,1-3H3/t18?,21-/m1/s1. The highest BCUT2D eigenvalue weighted by atomic mass is 16.7. The molecule has 2 atom stereocenters. The summed E-state index contributed by atoms with van der Waals surface area (Å²) >= 11 is 0. The fourth-order valence-electron chi connectivity index (χ4n) is 3.99. The smallest absolute Gasteiger partial charge is 0.238 e. The molecule has 0 amide bonds. The molecule has 1 unspecified atom stereocenters. The Morgan fingerprint density at radius 2 is 2.21 bits per heavy atom. The van der Waals surface area contributed by atoms with Crippen LogP contribution in [0.5, 0.6) is 5.88 Å². The van der Waals surface area contributed by atoms with Gasteiger partial charge in [0.1, 0.15) is 18.2 Å². The summed E-state index contributed by atoms with van der Waals surface area (Å²) in [5.41, 5.74) is 3.21. The maximum absolute atomic E-state index is 9.71. The van der Waals surface area contributed by atoms with E-state index >= 15 is 0 Å². The summed E-state index contributed by atoms with van der Waals surface area (Å²) in [6, 6.07) is 0.176. The zero-order chi connectivity index (χ0) is 23.9. The molecule has 9 nitrogen and oxygen atoms in total. The summed E-state index contributed by atoms with van der Waals surface area (Å²) in [6.45, 7) is 6.68. The maximum atomic E-state index is 9.71. The molecule has 1 saturated carbocycles. The summed E-state index contributed by atoms with van der Waals surface area (Å²) < 4.78 is 12.9. The third kappa shape index (κ3) is 6.09. The van der Waals surface area contributed by atoms with Crippen LogP contribution >= 0.6 is 0 Å². The van der Waals surface area contributed by atoms with Crippen LogP contribution in [0.3, 0.4) is 0 Å². The number of hydroxylamine groups is 2. The first-order valence-electron chi connectivity index (χ1n) is 12.1. The van der Waals surface area contributed by atoms with Crippen molar-refractivity contribution in [3.05, 3.63) is 47.3 Å². The number of hydrogen-bond acceptors (Lipinski definition) is 8. The van der Waals surface area contributed by atoms with E-state index in [1.807, 2.05) is 28.8 Å². The first-order chi connectivity index (χ1) is 16.5. The zero-order valence-corrected chi connectivity index (χ0v) is 20.4. The van der Waals surface area contributed by atoms with Gasteiger partial charge in [-0.3, -0.25) is 4.84 Å². The van der Waals surface area contributed by atoms with Crippen molar-refractivity contribution in [3.63, 3.8) is 0 Å². The normalized spacial score (nSPS) is 21.1. The van der Waals surface area contributed by atoms with Crippen LogP contribution in [0.4, 0.5) is 5.82 Å². The van der Waals surface area contributed by atoms with E-state index in [9.17, 15) is 5.11 Å². The lowest BCUT2D eigenvalue weighted by atomic mass is 9.92. The number of rotatable bonds is 11. The molecule has 2 fully saturated rings. The predicted molar refractivity (Wildman–Crippen MR) is 132 cm³/mol. The molecule has 1 aromatic rings. The highest BCUT2D eigenvalue weighted by Gasteiger charge is 2.27. The van der Waals surface area contributed by atoms with Crippen LogP contribution in [0.1, 0.15) is 38.2 Å². The van der Waals surface area contributed by atoms with Crippen molar-refractivity contribution in [2.24, 2.45) is 0 Å². The SMILES string of the molecule is COCCN1C[C@@H](NC(Nc2c(C)c(OCC(C)O)nn2C2=CC=CCC=C2)=C2CCC2)CO1. The summed E-state index contributed by atoms with van der Waals surface area (Å²) in [4.78, 5) is 5.82. The lowest BCUT2D eigenvalue weighted by Gasteiger charge is -2.26. The third-order valence-electron chi connectivity index (χ3n) is 6.08. The van der Waals surface area contributed by atoms with Gasteiger partial charge in [0.15, 0.2) is 0 Å². The molecule has 0 aromatic carbocycles. The number of nitrogens with zero attached hydrogens (tertiary/aromatic N) is 3. The van der Waals surface area contributed by atoms with E-state index in [1.54, 1.807) is 14.0 Å². The van der Waals surface area contributed by atoms with Gasteiger partial charge < -0.3 is 25.2 Å². The second kappa shape index (κ2) is 11.7. The molecule has 3 N–H and O–H groups in total. The number of methoxy groups -OCH3 is 1. The molecule has 186 valence electrons.